The van der Waals surface area contributed by atoms with E-state index < -0.39 is 5.60 Å². The highest BCUT2D eigenvalue weighted by atomic mass is 16.5. The molecule has 1 fully saturated rings. The maximum atomic E-state index is 10.1. The maximum absolute atomic E-state index is 10.1. The first-order valence-electron chi connectivity index (χ1n) is 4.83. The van der Waals surface area contributed by atoms with Gasteiger partial charge in [0, 0.05) is 20.0 Å². The summed E-state index contributed by atoms with van der Waals surface area (Å²) in [6, 6.07) is 0. The van der Waals surface area contributed by atoms with Gasteiger partial charge in [-0.3, -0.25) is 0 Å². The summed E-state index contributed by atoms with van der Waals surface area (Å²) in [7, 11) is 1.68. The van der Waals surface area contributed by atoms with Gasteiger partial charge in [0.2, 0.25) is 0 Å². The predicted octanol–water partition coefficient (Wildman–Crippen LogP) is 1.22. The first-order chi connectivity index (χ1) is 6.24. The zero-order valence-electron chi connectivity index (χ0n) is 7.95. The Morgan fingerprint density at radius 1 is 1.62 bits per heavy atom. The van der Waals surface area contributed by atoms with Crippen LogP contribution in [0.5, 0.6) is 0 Å². The van der Waals surface area contributed by atoms with Crippen LogP contribution in [0.4, 0.5) is 0 Å². The molecule has 0 atom stereocenters. The van der Waals surface area contributed by atoms with E-state index in [2.05, 4.69) is 0 Å². The van der Waals surface area contributed by atoms with Crippen LogP contribution in [0.2, 0.25) is 0 Å². The van der Waals surface area contributed by atoms with Gasteiger partial charge in [-0.25, -0.2) is 0 Å². The van der Waals surface area contributed by atoms with Crippen molar-refractivity contribution in [3.63, 3.8) is 0 Å². The highest BCUT2D eigenvalue weighted by Crippen LogP contribution is 2.41. The van der Waals surface area contributed by atoms with E-state index in [-0.39, 0.29) is 6.10 Å². The van der Waals surface area contributed by atoms with E-state index in [0.29, 0.717) is 12.8 Å². The van der Waals surface area contributed by atoms with Crippen LogP contribution < -0.4 is 0 Å². The van der Waals surface area contributed by atoms with E-state index in [1.165, 1.54) is 0 Å². The molecule has 2 aliphatic rings. The molecule has 0 unspecified atom stereocenters. The Kier molecular flexibility index (Phi) is 2.30. The number of hydrogen-bond acceptors (Lipinski definition) is 3. The summed E-state index contributed by atoms with van der Waals surface area (Å²) in [6.07, 6.45) is 5.65. The summed E-state index contributed by atoms with van der Waals surface area (Å²) in [4.78, 5) is 0. The van der Waals surface area contributed by atoms with E-state index in [1.54, 1.807) is 7.11 Å². The standard InChI is InChI=1S/C10H16O3/c1-12-8-6-10(11,7-8)9-4-2-3-5-13-9/h4,8,11H,2-3,5-7H2,1H3. The van der Waals surface area contributed by atoms with Crippen LogP contribution in [0.25, 0.3) is 0 Å². The number of hydrogen-bond donors (Lipinski definition) is 1. The van der Waals surface area contributed by atoms with Crippen molar-refractivity contribution < 1.29 is 14.6 Å². The minimum atomic E-state index is -0.721. The summed E-state index contributed by atoms with van der Waals surface area (Å²) in [5.41, 5.74) is -0.721. The molecule has 0 radical (unpaired) electrons. The number of aliphatic hydroxyl groups is 1. The SMILES string of the molecule is COC1CC(O)(C2=CCCCO2)C1. The van der Waals surface area contributed by atoms with Crippen molar-refractivity contribution in [1.82, 2.24) is 0 Å². The van der Waals surface area contributed by atoms with Gasteiger partial charge in [-0.1, -0.05) is 0 Å². The zero-order valence-corrected chi connectivity index (χ0v) is 7.95. The molecular weight excluding hydrogens is 168 g/mol. The first-order valence-corrected chi connectivity index (χ1v) is 4.83. The van der Waals surface area contributed by atoms with Crippen molar-refractivity contribution in [1.29, 1.82) is 0 Å². The fraction of sp³-hybridized carbons (Fsp3) is 0.800. The van der Waals surface area contributed by atoms with Crippen molar-refractivity contribution in [2.75, 3.05) is 13.7 Å². The van der Waals surface area contributed by atoms with Crippen molar-refractivity contribution in [2.24, 2.45) is 0 Å². The molecule has 0 aromatic rings. The molecule has 0 aromatic carbocycles. The molecule has 1 aliphatic heterocycles. The second-order valence-corrected chi connectivity index (χ2v) is 3.86. The zero-order chi connectivity index (χ0) is 9.31. The molecule has 0 aromatic heterocycles. The van der Waals surface area contributed by atoms with Gasteiger partial charge < -0.3 is 14.6 Å². The van der Waals surface area contributed by atoms with Crippen molar-refractivity contribution in [3.05, 3.63) is 11.8 Å². The quantitative estimate of drug-likeness (QED) is 0.701. The van der Waals surface area contributed by atoms with Crippen molar-refractivity contribution in [3.8, 4) is 0 Å². The second kappa shape index (κ2) is 3.31. The molecule has 1 aliphatic carbocycles. The van der Waals surface area contributed by atoms with E-state index >= 15 is 0 Å². The summed E-state index contributed by atoms with van der Waals surface area (Å²) in [5, 5.41) is 10.1. The first kappa shape index (κ1) is 9.03. The number of allylic oxidation sites excluding steroid dienone is 1. The minimum Gasteiger partial charge on any atom is -0.495 e. The molecule has 1 saturated carbocycles. The molecule has 0 spiro atoms. The molecule has 13 heavy (non-hydrogen) atoms. The predicted molar refractivity (Wildman–Crippen MR) is 48.2 cm³/mol. The summed E-state index contributed by atoms with van der Waals surface area (Å²) in [5.74, 6) is 0.770. The average Bonchev–Trinajstić information content (AvgIpc) is 2.14. The average molecular weight is 184 g/mol. The number of rotatable bonds is 2. The van der Waals surface area contributed by atoms with E-state index in [0.717, 1.165) is 25.2 Å². The van der Waals surface area contributed by atoms with Crippen LogP contribution >= 0.6 is 0 Å². The van der Waals surface area contributed by atoms with E-state index in [1.807, 2.05) is 6.08 Å². The highest BCUT2D eigenvalue weighted by molar-refractivity contribution is 5.18. The van der Waals surface area contributed by atoms with Gasteiger partial charge in [0.1, 0.15) is 11.4 Å². The second-order valence-electron chi connectivity index (χ2n) is 3.86. The Bertz CT molecular complexity index is 216. The molecule has 2 rings (SSSR count). The smallest absolute Gasteiger partial charge is 0.126 e. The molecule has 1 N–H and O–H groups in total. The third kappa shape index (κ3) is 1.58. The minimum absolute atomic E-state index is 0.205. The molecule has 3 heteroatoms. The van der Waals surface area contributed by atoms with Crippen LogP contribution in [0.3, 0.4) is 0 Å². The van der Waals surface area contributed by atoms with Crippen LogP contribution in [-0.4, -0.2) is 30.5 Å². The molecule has 0 saturated heterocycles. The third-order valence-corrected chi connectivity index (χ3v) is 2.86. The van der Waals surface area contributed by atoms with Crippen LogP contribution in [-0.2, 0) is 9.47 Å². The van der Waals surface area contributed by atoms with Gasteiger partial charge in [-0.05, 0) is 18.9 Å². The molecule has 74 valence electrons. The Hall–Kier alpha value is -0.540. The normalized spacial score (nSPS) is 38.9. The Morgan fingerprint density at radius 2 is 2.38 bits per heavy atom. The van der Waals surface area contributed by atoms with Crippen LogP contribution in [0, 0.1) is 0 Å². The van der Waals surface area contributed by atoms with Crippen LogP contribution in [0.15, 0.2) is 11.8 Å². The fourth-order valence-corrected chi connectivity index (χ4v) is 1.94. The maximum Gasteiger partial charge on any atom is 0.126 e. The van der Waals surface area contributed by atoms with Crippen molar-refractivity contribution >= 4 is 0 Å². The van der Waals surface area contributed by atoms with Gasteiger partial charge in [0.05, 0.1) is 12.7 Å². The fourth-order valence-electron chi connectivity index (χ4n) is 1.94. The molecule has 3 nitrogen and oxygen atoms in total. The van der Waals surface area contributed by atoms with E-state index in [4.69, 9.17) is 9.47 Å². The third-order valence-electron chi connectivity index (χ3n) is 2.86. The van der Waals surface area contributed by atoms with Gasteiger partial charge >= 0.3 is 0 Å². The lowest BCUT2D eigenvalue weighted by molar-refractivity contribution is -0.130. The molecule has 0 amide bonds. The lowest BCUT2D eigenvalue weighted by Gasteiger charge is -2.44. The van der Waals surface area contributed by atoms with E-state index in [9.17, 15) is 5.11 Å². The topological polar surface area (TPSA) is 38.7 Å². The largest absolute Gasteiger partial charge is 0.495 e. The monoisotopic (exact) mass is 184 g/mol. The highest BCUT2D eigenvalue weighted by Gasteiger charge is 2.47. The lowest BCUT2D eigenvalue weighted by atomic mass is 9.75. The summed E-state index contributed by atoms with van der Waals surface area (Å²) in [6.45, 7) is 0.742. The summed E-state index contributed by atoms with van der Waals surface area (Å²) < 4.78 is 10.6. The van der Waals surface area contributed by atoms with Gasteiger partial charge in [-0.15, -0.1) is 0 Å². The summed E-state index contributed by atoms with van der Waals surface area (Å²) >= 11 is 0. The van der Waals surface area contributed by atoms with Gasteiger partial charge in [0.25, 0.3) is 0 Å². The molecule has 1 heterocycles. The Labute approximate surface area is 78.3 Å². The molecule has 0 bridgehead atoms. The lowest BCUT2D eigenvalue weighted by Crippen LogP contribution is -2.50. The van der Waals surface area contributed by atoms with Crippen LogP contribution in [0.1, 0.15) is 25.7 Å². The number of ether oxygens (including phenoxy) is 2. The van der Waals surface area contributed by atoms with Gasteiger partial charge in [-0.2, -0.15) is 0 Å². The molecular formula is C10H16O3. The van der Waals surface area contributed by atoms with Crippen molar-refractivity contribution in [2.45, 2.75) is 37.4 Å². The number of methoxy groups -OCH3 is 1. The Balaban J connectivity index is 1.97. The Morgan fingerprint density at radius 3 is 2.92 bits per heavy atom. The van der Waals surface area contributed by atoms with Gasteiger partial charge in [0.15, 0.2) is 0 Å².